The van der Waals surface area contributed by atoms with Gasteiger partial charge in [0.15, 0.2) is 0 Å². The highest BCUT2D eigenvalue weighted by Crippen LogP contribution is 2.39. The van der Waals surface area contributed by atoms with Crippen LogP contribution < -0.4 is 0 Å². The van der Waals surface area contributed by atoms with Crippen LogP contribution in [0.25, 0.3) is 0 Å². The molecule has 2 aromatic rings. The van der Waals surface area contributed by atoms with Crippen molar-refractivity contribution >= 4 is 53.8 Å². The van der Waals surface area contributed by atoms with Crippen molar-refractivity contribution in [2.75, 3.05) is 27.5 Å². The second-order valence-electron chi connectivity index (χ2n) is 6.02. The first kappa shape index (κ1) is 41.0. The van der Waals surface area contributed by atoms with E-state index in [0.29, 0.717) is 0 Å². The van der Waals surface area contributed by atoms with Gasteiger partial charge >= 0.3 is 0 Å². The molecule has 0 aliphatic rings. The van der Waals surface area contributed by atoms with E-state index in [-0.39, 0.29) is 32.5 Å². The van der Waals surface area contributed by atoms with Crippen LogP contribution in [0.1, 0.15) is 26.0 Å². The summed E-state index contributed by atoms with van der Waals surface area (Å²) in [6.45, 7) is 7.51. The zero-order valence-electron chi connectivity index (χ0n) is 18.8. The van der Waals surface area contributed by atoms with Crippen LogP contribution in [-0.2, 0) is 28.9 Å². The Balaban J connectivity index is -0.000000189. The second kappa shape index (κ2) is 21.0. The Labute approximate surface area is 214 Å². The largest absolute Gasteiger partial charge is 0.370 e. The highest BCUT2D eigenvalue weighted by Gasteiger charge is 2.11. The third-order valence-electron chi connectivity index (χ3n) is 3.14. The minimum Gasteiger partial charge on any atom is -0.370 e. The Morgan fingerprint density at radius 3 is 1.24 bits per heavy atom. The van der Waals surface area contributed by atoms with E-state index in [9.17, 15) is 16.8 Å². The lowest BCUT2D eigenvalue weighted by molar-refractivity contribution is 0.397. The molecular weight excluding hydrogens is 556 g/mol. The van der Waals surface area contributed by atoms with E-state index in [4.69, 9.17) is 14.0 Å². The molecule has 0 aromatic heterocycles. The Kier molecular flexibility index (Phi) is 25.4. The fourth-order valence-corrected chi connectivity index (χ4v) is 2.65. The first-order valence-electron chi connectivity index (χ1n) is 8.68. The standard InChI is InChI=1S/C8H10O3S.C7H8O3S.C2H8OP2.CH6OP2.2CH4/c1-7-3-5-8(6-4-7)12(9,10)11-2;1-6-2-4-7(5-3-6)11(8,9)10;1-3-5(2)4;1-4(2)3;;/h3-6H,1-2H3;2-5H,1H3,(H,8,9,10);4H2,1-2H3;2H,3H2,1H3;2*1H4. The van der Waals surface area contributed by atoms with Gasteiger partial charge in [-0.25, -0.2) is 0 Å². The molecule has 0 bridgehead atoms. The zero-order chi connectivity index (χ0) is 25.5. The maximum Gasteiger partial charge on any atom is 0.296 e. The summed E-state index contributed by atoms with van der Waals surface area (Å²) in [5, 5.41) is 0. The van der Waals surface area contributed by atoms with Crippen molar-refractivity contribution in [1.29, 1.82) is 0 Å². The van der Waals surface area contributed by atoms with Crippen molar-refractivity contribution < 1.29 is 35.0 Å². The van der Waals surface area contributed by atoms with E-state index in [0.717, 1.165) is 18.2 Å². The van der Waals surface area contributed by atoms with Crippen LogP contribution >= 0.6 is 33.5 Å². The van der Waals surface area contributed by atoms with E-state index < -0.39 is 28.1 Å². The fourth-order valence-electron chi connectivity index (χ4n) is 1.51. The maximum atomic E-state index is 11.1. The van der Waals surface area contributed by atoms with E-state index in [1.54, 1.807) is 38.0 Å². The van der Waals surface area contributed by atoms with Crippen LogP contribution in [0.15, 0.2) is 58.3 Å². The van der Waals surface area contributed by atoms with Crippen molar-refractivity contribution in [2.24, 2.45) is 0 Å². The summed E-state index contributed by atoms with van der Waals surface area (Å²) in [5.74, 6) is 0. The Hall–Kier alpha value is -0.100. The lowest BCUT2D eigenvalue weighted by atomic mass is 10.2. The van der Waals surface area contributed by atoms with Crippen molar-refractivity contribution in [1.82, 2.24) is 0 Å². The van der Waals surface area contributed by atoms with Gasteiger partial charge in [0, 0.05) is 22.8 Å². The number of benzene rings is 2. The first-order chi connectivity index (χ1) is 14.6. The molecule has 0 aliphatic heterocycles. The lowest BCUT2D eigenvalue weighted by Crippen LogP contribution is -2.02. The summed E-state index contributed by atoms with van der Waals surface area (Å²) >= 11 is 0. The summed E-state index contributed by atoms with van der Waals surface area (Å²) in [6, 6.07) is 12.5. The second-order valence-corrected chi connectivity index (χ2v) is 16.2. The predicted octanol–water partition coefficient (Wildman–Crippen LogP) is 6.09. The zero-order valence-corrected chi connectivity index (χ0v) is 24.6. The van der Waals surface area contributed by atoms with Crippen LogP contribution in [0.2, 0.25) is 0 Å². The molecule has 2 rings (SSSR count). The predicted molar refractivity (Wildman–Crippen MR) is 154 cm³/mol. The van der Waals surface area contributed by atoms with Crippen molar-refractivity contribution in [2.45, 2.75) is 38.5 Å². The average Bonchev–Trinajstić information content (AvgIpc) is 2.68. The van der Waals surface area contributed by atoms with Gasteiger partial charge < -0.3 is 9.42 Å². The maximum absolute atomic E-state index is 11.1. The molecule has 0 heterocycles. The third kappa shape index (κ3) is 22.4. The van der Waals surface area contributed by atoms with Gasteiger partial charge in [0.1, 0.15) is 0 Å². The van der Waals surface area contributed by atoms with Gasteiger partial charge in [-0.2, -0.15) is 16.8 Å². The molecule has 0 amide bonds. The van der Waals surface area contributed by atoms with E-state index in [1.165, 1.54) is 24.3 Å². The van der Waals surface area contributed by atoms with Crippen molar-refractivity contribution in [3.05, 3.63) is 59.7 Å². The van der Waals surface area contributed by atoms with Gasteiger partial charge in [0.25, 0.3) is 20.2 Å². The quantitative estimate of drug-likeness (QED) is 0.247. The molecule has 0 saturated heterocycles. The van der Waals surface area contributed by atoms with E-state index in [2.05, 4.69) is 22.0 Å². The molecule has 0 radical (unpaired) electrons. The summed E-state index contributed by atoms with van der Waals surface area (Å²) < 4.78 is 60.8. The van der Waals surface area contributed by atoms with Gasteiger partial charge in [-0.15, -0.1) is 0 Å². The monoisotopic (exact) mass is 596 g/mol. The molecule has 2 N–H and O–H groups in total. The number of rotatable bonds is 4. The minimum atomic E-state index is -4.02. The van der Waals surface area contributed by atoms with Crippen LogP contribution in [0, 0.1) is 13.8 Å². The average molecular weight is 597 g/mol. The number of hydrogen-bond acceptors (Lipinski definition) is 7. The molecule has 0 saturated carbocycles. The molecule has 34 heavy (non-hydrogen) atoms. The van der Waals surface area contributed by atoms with E-state index in [1.807, 2.05) is 20.5 Å². The Morgan fingerprint density at radius 2 is 1.03 bits per heavy atom. The minimum absolute atomic E-state index is 0. The summed E-state index contributed by atoms with van der Waals surface area (Å²) in [7, 11) is -0.711. The van der Waals surface area contributed by atoms with Gasteiger partial charge in [-0.3, -0.25) is 8.74 Å². The molecule has 0 aliphatic carbocycles. The Morgan fingerprint density at radius 1 is 0.765 bits per heavy atom. The smallest absolute Gasteiger partial charge is 0.296 e. The molecular formula is C20H40O8P4S2. The lowest BCUT2D eigenvalue weighted by Gasteiger charge is -2.00. The van der Waals surface area contributed by atoms with Gasteiger partial charge in [-0.05, 0) is 51.4 Å². The van der Waals surface area contributed by atoms with Gasteiger partial charge in [0.2, 0.25) is 0 Å². The molecule has 14 heteroatoms. The molecule has 4 atom stereocenters. The van der Waals surface area contributed by atoms with Gasteiger partial charge in [0.05, 0.1) is 16.9 Å². The highest BCUT2D eigenvalue weighted by atomic mass is 32.2. The van der Waals surface area contributed by atoms with Gasteiger partial charge in [-0.1, -0.05) is 68.1 Å². The fraction of sp³-hybridized carbons (Fsp3) is 0.400. The molecule has 200 valence electrons. The van der Waals surface area contributed by atoms with Crippen molar-refractivity contribution in [3.8, 4) is 0 Å². The Bertz CT molecular complexity index is 962. The number of hydrogen-bond donors (Lipinski definition) is 2. The highest BCUT2D eigenvalue weighted by molar-refractivity contribution is 8.10. The van der Waals surface area contributed by atoms with Crippen LogP contribution in [0.3, 0.4) is 0 Å². The third-order valence-corrected chi connectivity index (χ3v) is 6.50. The van der Waals surface area contributed by atoms with E-state index >= 15 is 0 Å². The molecule has 0 fully saturated rings. The van der Waals surface area contributed by atoms with Crippen LogP contribution in [0.4, 0.5) is 0 Å². The summed E-state index contributed by atoms with van der Waals surface area (Å²) in [5.41, 5.74) is 1.97. The summed E-state index contributed by atoms with van der Waals surface area (Å²) in [6.07, 6.45) is 0. The molecule has 4 unspecified atom stereocenters. The van der Waals surface area contributed by atoms with Crippen molar-refractivity contribution in [3.63, 3.8) is 0 Å². The topological polar surface area (TPSA) is 127 Å². The molecule has 2 aromatic carbocycles. The number of aryl methyl sites for hydroxylation is 2. The van der Waals surface area contributed by atoms with Crippen LogP contribution in [0.5, 0.6) is 0 Å². The SMILES string of the molecule is C.C.COP(C)P.COS(=O)(=O)c1ccc(C)cc1.CP(O)P.Cc1ccc(S(=O)(=O)O)cc1. The van der Waals surface area contributed by atoms with Crippen LogP contribution in [-0.4, -0.2) is 53.8 Å². The molecule has 8 nitrogen and oxygen atoms in total. The normalized spacial score (nSPS) is 11.8. The summed E-state index contributed by atoms with van der Waals surface area (Å²) in [4.78, 5) is 8.21. The first-order valence-corrected chi connectivity index (χ1v) is 18.2. The molecule has 0 spiro atoms.